The molecule has 7 heteroatoms. The lowest BCUT2D eigenvalue weighted by Gasteiger charge is -2.34. The average Bonchev–Trinajstić information content (AvgIpc) is 3.45. The van der Waals surface area contributed by atoms with Crippen LogP contribution in [0, 0.1) is 12.8 Å². The van der Waals surface area contributed by atoms with Crippen LogP contribution in [0.4, 0.5) is 5.82 Å². The number of aryl methyl sites for hydroxylation is 2. The van der Waals surface area contributed by atoms with Crippen molar-refractivity contribution in [2.24, 2.45) is 13.0 Å². The Morgan fingerprint density at radius 1 is 1.17 bits per heavy atom. The van der Waals surface area contributed by atoms with Crippen molar-refractivity contribution in [1.29, 1.82) is 0 Å². The predicted molar refractivity (Wildman–Crippen MR) is 111 cm³/mol. The molecular formula is C22H30N6O. The van der Waals surface area contributed by atoms with Crippen molar-refractivity contribution in [3.63, 3.8) is 0 Å². The minimum atomic E-state index is 0.0628. The van der Waals surface area contributed by atoms with Crippen LogP contribution >= 0.6 is 0 Å². The van der Waals surface area contributed by atoms with Crippen molar-refractivity contribution < 1.29 is 4.79 Å². The van der Waals surface area contributed by atoms with E-state index in [9.17, 15) is 4.79 Å². The molecule has 3 aliphatic rings. The zero-order chi connectivity index (χ0) is 20.0. The highest BCUT2D eigenvalue weighted by atomic mass is 16.2. The van der Waals surface area contributed by atoms with Gasteiger partial charge in [0, 0.05) is 56.6 Å². The standard InChI is InChI=1S/C22H30N6O/c1-15-19-6-4-9-27(12-16-7-8-16)21(19)25-20(24-15)17-5-3-10-28(14-17)22(29)18-11-23-26(2)13-18/h11,13,16-17H,3-10,12,14H2,1-2H3/t17-/m1/s1. The first kappa shape index (κ1) is 18.6. The fourth-order valence-electron chi connectivity index (χ4n) is 4.77. The molecule has 0 spiro atoms. The summed E-state index contributed by atoms with van der Waals surface area (Å²) >= 11 is 0. The number of anilines is 1. The molecule has 1 amide bonds. The first-order chi connectivity index (χ1) is 14.1. The van der Waals surface area contributed by atoms with Crippen LogP contribution in [0.2, 0.25) is 0 Å². The van der Waals surface area contributed by atoms with Crippen molar-refractivity contribution in [2.45, 2.75) is 51.4 Å². The van der Waals surface area contributed by atoms with Gasteiger partial charge >= 0.3 is 0 Å². The summed E-state index contributed by atoms with van der Waals surface area (Å²) < 4.78 is 1.68. The first-order valence-electron chi connectivity index (χ1n) is 11.0. The smallest absolute Gasteiger partial charge is 0.257 e. The van der Waals surface area contributed by atoms with Gasteiger partial charge in [-0.05, 0) is 51.4 Å². The molecule has 5 rings (SSSR count). The molecule has 4 heterocycles. The molecule has 29 heavy (non-hydrogen) atoms. The summed E-state index contributed by atoms with van der Waals surface area (Å²) in [5, 5.41) is 4.15. The van der Waals surface area contributed by atoms with Crippen LogP contribution < -0.4 is 4.90 Å². The third-order valence-corrected chi connectivity index (χ3v) is 6.56. The molecular weight excluding hydrogens is 364 g/mol. The second-order valence-electron chi connectivity index (χ2n) is 8.96. The number of aromatic nitrogens is 4. The molecule has 7 nitrogen and oxygen atoms in total. The summed E-state index contributed by atoms with van der Waals surface area (Å²) in [5.74, 6) is 3.21. The van der Waals surface area contributed by atoms with Crippen molar-refractivity contribution in [3.05, 3.63) is 35.0 Å². The number of carbonyl (C=O) groups is 1. The fraction of sp³-hybridized carbons (Fsp3) is 0.636. The normalized spacial score (nSPS) is 21.9. The van der Waals surface area contributed by atoms with Gasteiger partial charge in [-0.3, -0.25) is 9.48 Å². The Bertz CT molecular complexity index is 918. The third kappa shape index (κ3) is 3.74. The number of rotatable bonds is 4. The molecule has 1 aliphatic carbocycles. The Balaban J connectivity index is 1.38. The van der Waals surface area contributed by atoms with E-state index in [4.69, 9.17) is 9.97 Å². The van der Waals surface area contributed by atoms with Crippen molar-refractivity contribution >= 4 is 11.7 Å². The molecule has 1 saturated heterocycles. The lowest BCUT2D eigenvalue weighted by atomic mass is 9.95. The second-order valence-corrected chi connectivity index (χ2v) is 8.96. The number of hydrogen-bond donors (Lipinski definition) is 0. The largest absolute Gasteiger partial charge is 0.356 e. The number of carbonyl (C=O) groups excluding carboxylic acids is 1. The van der Waals surface area contributed by atoms with Gasteiger partial charge in [-0.1, -0.05) is 0 Å². The highest BCUT2D eigenvalue weighted by Gasteiger charge is 2.32. The fourth-order valence-corrected chi connectivity index (χ4v) is 4.77. The van der Waals surface area contributed by atoms with Gasteiger partial charge in [-0.15, -0.1) is 0 Å². The molecule has 2 aromatic rings. The lowest BCUT2D eigenvalue weighted by molar-refractivity contribution is 0.0704. The van der Waals surface area contributed by atoms with E-state index in [1.54, 1.807) is 17.1 Å². The quantitative estimate of drug-likeness (QED) is 0.798. The third-order valence-electron chi connectivity index (χ3n) is 6.56. The summed E-state index contributed by atoms with van der Waals surface area (Å²) in [7, 11) is 1.84. The SMILES string of the molecule is Cc1nc([C@@H]2CCCN(C(=O)c3cnn(C)c3)C2)nc2c1CCCN2CC1CC1. The van der Waals surface area contributed by atoms with Crippen molar-refractivity contribution in [1.82, 2.24) is 24.6 Å². The molecule has 0 radical (unpaired) electrons. The Morgan fingerprint density at radius 3 is 2.79 bits per heavy atom. The number of nitrogens with zero attached hydrogens (tertiary/aromatic N) is 6. The Labute approximate surface area is 172 Å². The monoisotopic (exact) mass is 394 g/mol. The number of hydrogen-bond acceptors (Lipinski definition) is 5. The summed E-state index contributed by atoms with van der Waals surface area (Å²) in [6.45, 7) is 5.86. The van der Waals surface area contributed by atoms with Crippen molar-refractivity contribution in [3.8, 4) is 0 Å². The van der Waals surface area contributed by atoms with E-state index in [2.05, 4.69) is 16.9 Å². The van der Waals surface area contributed by atoms with Gasteiger partial charge in [-0.2, -0.15) is 5.10 Å². The van der Waals surface area contributed by atoms with E-state index in [0.29, 0.717) is 12.1 Å². The molecule has 2 aromatic heterocycles. The molecule has 0 N–H and O–H groups in total. The zero-order valence-corrected chi connectivity index (χ0v) is 17.5. The molecule has 2 aliphatic heterocycles. The molecule has 0 aromatic carbocycles. The van der Waals surface area contributed by atoms with Gasteiger partial charge in [-0.25, -0.2) is 9.97 Å². The number of amides is 1. The molecule has 154 valence electrons. The maximum absolute atomic E-state index is 12.9. The lowest BCUT2D eigenvalue weighted by Crippen LogP contribution is -2.40. The summed E-state index contributed by atoms with van der Waals surface area (Å²) in [4.78, 5) is 27.3. The first-order valence-corrected chi connectivity index (χ1v) is 11.0. The van der Waals surface area contributed by atoms with Crippen LogP contribution in [0.25, 0.3) is 0 Å². The van der Waals surface area contributed by atoms with Crippen molar-refractivity contribution in [2.75, 3.05) is 31.1 Å². The van der Waals surface area contributed by atoms with Crippen LogP contribution in [0.3, 0.4) is 0 Å². The number of likely N-dealkylation sites (tertiary alicyclic amines) is 1. The highest BCUT2D eigenvalue weighted by Crippen LogP contribution is 2.36. The van der Waals surface area contributed by atoms with Crippen LogP contribution in [0.1, 0.15) is 65.5 Å². The average molecular weight is 395 g/mol. The van der Waals surface area contributed by atoms with E-state index in [-0.39, 0.29) is 11.8 Å². The van der Waals surface area contributed by atoms with Crippen LogP contribution in [0.15, 0.2) is 12.4 Å². The maximum Gasteiger partial charge on any atom is 0.257 e. The van der Waals surface area contributed by atoms with E-state index < -0.39 is 0 Å². The Morgan fingerprint density at radius 2 is 2.03 bits per heavy atom. The second kappa shape index (κ2) is 7.43. The summed E-state index contributed by atoms with van der Waals surface area (Å²) in [5.41, 5.74) is 3.12. The molecule has 0 unspecified atom stereocenters. The number of piperidine rings is 1. The molecule has 1 atom stereocenters. The Hall–Kier alpha value is -2.44. The maximum atomic E-state index is 12.9. The van der Waals surface area contributed by atoms with E-state index in [1.165, 1.54) is 30.6 Å². The van der Waals surface area contributed by atoms with E-state index in [1.807, 2.05) is 11.9 Å². The topological polar surface area (TPSA) is 67.2 Å². The van der Waals surface area contributed by atoms with Gasteiger partial charge in [0.05, 0.1) is 11.8 Å². The van der Waals surface area contributed by atoms with E-state index in [0.717, 1.165) is 56.3 Å². The predicted octanol–water partition coefficient (Wildman–Crippen LogP) is 2.70. The molecule has 0 bridgehead atoms. The number of fused-ring (bicyclic) bond motifs is 1. The van der Waals surface area contributed by atoms with Gasteiger partial charge in [0.15, 0.2) is 0 Å². The van der Waals surface area contributed by atoms with Gasteiger partial charge in [0.1, 0.15) is 11.6 Å². The van der Waals surface area contributed by atoms with E-state index >= 15 is 0 Å². The van der Waals surface area contributed by atoms with Gasteiger partial charge in [0.2, 0.25) is 0 Å². The van der Waals surface area contributed by atoms with Gasteiger partial charge < -0.3 is 9.80 Å². The minimum Gasteiger partial charge on any atom is -0.356 e. The minimum absolute atomic E-state index is 0.0628. The van der Waals surface area contributed by atoms with Crippen LogP contribution in [-0.2, 0) is 13.5 Å². The summed E-state index contributed by atoms with van der Waals surface area (Å²) in [6.07, 6.45) is 10.5. The summed E-state index contributed by atoms with van der Waals surface area (Å²) in [6, 6.07) is 0. The van der Waals surface area contributed by atoms with Crippen LogP contribution in [-0.4, -0.2) is 56.7 Å². The van der Waals surface area contributed by atoms with Crippen LogP contribution in [0.5, 0.6) is 0 Å². The zero-order valence-electron chi connectivity index (χ0n) is 17.5. The molecule has 1 saturated carbocycles. The Kier molecular flexibility index (Phi) is 4.76. The molecule has 2 fully saturated rings. The van der Waals surface area contributed by atoms with Gasteiger partial charge in [0.25, 0.3) is 5.91 Å². The highest BCUT2D eigenvalue weighted by molar-refractivity contribution is 5.93.